The van der Waals surface area contributed by atoms with Crippen LogP contribution in [0.2, 0.25) is 0 Å². The number of nitrogens with zero attached hydrogens (tertiary/aromatic N) is 1. The summed E-state index contributed by atoms with van der Waals surface area (Å²) in [6, 6.07) is 12.4. The van der Waals surface area contributed by atoms with Crippen molar-refractivity contribution in [3.05, 3.63) is 75.3 Å². The molecule has 0 saturated carbocycles. The van der Waals surface area contributed by atoms with Crippen molar-refractivity contribution in [3.63, 3.8) is 0 Å². The zero-order valence-corrected chi connectivity index (χ0v) is 13.4. The molecule has 0 unspecified atom stereocenters. The molecule has 0 fully saturated rings. The molecule has 0 heterocycles. The molecule has 21 heavy (non-hydrogen) atoms. The van der Waals surface area contributed by atoms with Crippen molar-refractivity contribution < 1.29 is 44.4 Å². The normalized spacial score (nSPS) is 10.1. The van der Waals surface area contributed by atoms with Crippen LogP contribution in [-0.4, -0.2) is 10.9 Å². The maximum atomic E-state index is 10.6. The van der Waals surface area contributed by atoms with Gasteiger partial charge in [-0.05, 0) is 28.8 Å². The van der Waals surface area contributed by atoms with Gasteiger partial charge >= 0.3 is 29.6 Å². The predicted molar refractivity (Wildman–Crippen MR) is 72.8 cm³/mol. The number of nitro groups is 1. The van der Waals surface area contributed by atoms with Gasteiger partial charge in [-0.3, -0.25) is 10.1 Å². The Hall–Kier alpha value is -1.95. The number of carbonyl (C=O) groups is 1. The van der Waals surface area contributed by atoms with Crippen LogP contribution in [0.1, 0.15) is 21.5 Å². The molecule has 0 saturated heterocycles. The first-order valence-corrected chi connectivity index (χ1v) is 5.80. The molecule has 0 aliphatic rings. The summed E-state index contributed by atoms with van der Waals surface area (Å²) in [7, 11) is 0. The van der Waals surface area contributed by atoms with Gasteiger partial charge in [0.25, 0.3) is 5.69 Å². The quantitative estimate of drug-likeness (QED) is 0.317. The smallest absolute Gasteiger partial charge is 0.545 e. The van der Waals surface area contributed by atoms with E-state index in [0.717, 1.165) is 11.1 Å². The van der Waals surface area contributed by atoms with Crippen LogP contribution >= 0.6 is 0 Å². The number of rotatable bonds is 4. The van der Waals surface area contributed by atoms with E-state index in [1.165, 1.54) is 24.3 Å². The first kappa shape index (κ1) is 17.1. The van der Waals surface area contributed by atoms with Gasteiger partial charge in [0.1, 0.15) is 0 Å². The minimum atomic E-state index is -1.21. The van der Waals surface area contributed by atoms with Crippen molar-refractivity contribution in [2.45, 2.75) is 0 Å². The number of carboxylic acids is 1. The Morgan fingerprint density at radius 3 is 1.71 bits per heavy atom. The van der Waals surface area contributed by atoms with Gasteiger partial charge in [-0.2, -0.15) is 0 Å². The number of carbonyl (C=O) groups excluding carboxylic acids is 1. The molecule has 100 valence electrons. The van der Waals surface area contributed by atoms with Gasteiger partial charge in [-0.25, -0.2) is 0 Å². The van der Waals surface area contributed by atoms with Crippen molar-refractivity contribution in [1.82, 2.24) is 0 Å². The van der Waals surface area contributed by atoms with Crippen molar-refractivity contribution in [3.8, 4) is 0 Å². The van der Waals surface area contributed by atoms with E-state index < -0.39 is 10.9 Å². The van der Waals surface area contributed by atoms with E-state index in [1.54, 1.807) is 36.4 Å². The van der Waals surface area contributed by atoms with Crippen molar-refractivity contribution in [2.75, 3.05) is 0 Å². The summed E-state index contributed by atoms with van der Waals surface area (Å²) in [5.74, 6) is -1.21. The van der Waals surface area contributed by atoms with E-state index >= 15 is 0 Å². The molecule has 0 N–H and O–H groups in total. The van der Waals surface area contributed by atoms with E-state index in [2.05, 4.69) is 0 Å². The predicted octanol–water partition coefficient (Wildman–Crippen LogP) is -0.867. The standard InChI is InChI=1S/C15H11NO4.Na/c17-15(18)13-7-3-11(4-8-13)1-2-12-5-9-14(10-6-12)16(19)20;/h1-10H,(H,17,18);/q;+1/p-1/b2-1+;. The average Bonchev–Trinajstić information content (AvgIpc) is 2.46. The van der Waals surface area contributed by atoms with Crippen molar-refractivity contribution in [1.29, 1.82) is 0 Å². The summed E-state index contributed by atoms with van der Waals surface area (Å²) in [5, 5.41) is 21.1. The molecule has 2 rings (SSSR count). The van der Waals surface area contributed by atoms with Crippen molar-refractivity contribution in [2.24, 2.45) is 0 Å². The fourth-order valence-electron chi connectivity index (χ4n) is 1.63. The van der Waals surface area contributed by atoms with E-state index in [9.17, 15) is 20.0 Å². The van der Waals surface area contributed by atoms with E-state index in [1.807, 2.05) is 0 Å². The van der Waals surface area contributed by atoms with Gasteiger partial charge in [-0.15, -0.1) is 0 Å². The minimum Gasteiger partial charge on any atom is -0.545 e. The van der Waals surface area contributed by atoms with Crippen LogP contribution in [0, 0.1) is 10.1 Å². The Kier molecular flexibility index (Phi) is 6.30. The molecule has 0 aromatic heterocycles. The number of hydrogen-bond donors (Lipinski definition) is 0. The van der Waals surface area contributed by atoms with Gasteiger partial charge in [-0.1, -0.05) is 36.4 Å². The van der Waals surface area contributed by atoms with Crippen LogP contribution < -0.4 is 34.7 Å². The molecule has 2 aromatic rings. The summed E-state index contributed by atoms with van der Waals surface area (Å²) in [6.07, 6.45) is 3.58. The molecule has 2 aromatic carbocycles. The molecule has 0 bridgehead atoms. The Balaban J connectivity index is 0.00000220. The van der Waals surface area contributed by atoms with E-state index in [0.29, 0.717) is 0 Å². The Morgan fingerprint density at radius 1 is 0.905 bits per heavy atom. The molecule has 0 atom stereocenters. The summed E-state index contributed by atoms with van der Waals surface area (Å²) < 4.78 is 0. The largest absolute Gasteiger partial charge is 1.00 e. The van der Waals surface area contributed by atoms with Crippen LogP contribution in [0.15, 0.2) is 48.5 Å². The molecule has 5 nitrogen and oxygen atoms in total. The number of benzene rings is 2. The summed E-state index contributed by atoms with van der Waals surface area (Å²) in [6.45, 7) is 0. The second kappa shape index (κ2) is 7.73. The van der Waals surface area contributed by atoms with E-state index in [4.69, 9.17) is 0 Å². The molecule has 0 spiro atoms. The van der Waals surface area contributed by atoms with Crippen LogP contribution in [0.3, 0.4) is 0 Å². The van der Waals surface area contributed by atoms with Gasteiger partial charge in [0.15, 0.2) is 0 Å². The van der Waals surface area contributed by atoms with Crippen LogP contribution in [0.5, 0.6) is 0 Å². The SMILES string of the molecule is O=C([O-])c1ccc(/C=C/c2ccc([N+](=O)[O-])cc2)cc1.[Na+]. The van der Waals surface area contributed by atoms with Crippen LogP contribution in [0.25, 0.3) is 12.2 Å². The van der Waals surface area contributed by atoms with Crippen LogP contribution in [-0.2, 0) is 0 Å². The van der Waals surface area contributed by atoms with Gasteiger partial charge in [0.2, 0.25) is 0 Å². The summed E-state index contributed by atoms with van der Waals surface area (Å²) in [4.78, 5) is 20.7. The second-order valence-corrected chi connectivity index (χ2v) is 4.09. The number of hydrogen-bond acceptors (Lipinski definition) is 4. The number of nitro benzene ring substituents is 1. The molecule has 0 aliphatic carbocycles. The van der Waals surface area contributed by atoms with Gasteiger partial charge in [0, 0.05) is 12.1 Å². The summed E-state index contributed by atoms with van der Waals surface area (Å²) >= 11 is 0. The number of carboxylic acid groups (broad SMARTS) is 1. The zero-order valence-electron chi connectivity index (χ0n) is 11.4. The van der Waals surface area contributed by atoms with E-state index in [-0.39, 0.29) is 40.8 Å². The first-order chi connectivity index (χ1) is 9.56. The average molecular weight is 291 g/mol. The summed E-state index contributed by atoms with van der Waals surface area (Å²) in [5.41, 5.74) is 1.81. The fraction of sp³-hybridized carbons (Fsp3) is 0. The third-order valence-corrected chi connectivity index (χ3v) is 2.72. The Labute approximate surface area is 143 Å². The van der Waals surface area contributed by atoms with Gasteiger partial charge < -0.3 is 9.90 Å². The zero-order chi connectivity index (χ0) is 14.5. The Bertz CT molecular complexity index is 604. The molecule has 6 heteroatoms. The molecular formula is C15H10NNaO4. The Morgan fingerprint density at radius 2 is 1.33 bits per heavy atom. The first-order valence-electron chi connectivity index (χ1n) is 5.80. The number of aromatic carboxylic acids is 1. The fourth-order valence-corrected chi connectivity index (χ4v) is 1.63. The number of non-ortho nitro benzene ring substituents is 1. The third kappa shape index (κ3) is 4.82. The molecular weight excluding hydrogens is 281 g/mol. The van der Waals surface area contributed by atoms with Gasteiger partial charge in [0.05, 0.1) is 10.9 Å². The topological polar surface area (TPSA) is 83.3 Å². The monoisotopic (exact) mass is 291 g/mol. The van der Waals surface area contributed by atoms with Crippen molar-refractivity contribution >= 4 is 23.8 Å². The molecule has 0 amide bonds. The maximum Gasteiger partial charge on any atom is 1.00 e. The minimum absolute atomic E-state index is 0. The second-order valence-electron chi connectivity index (χ2n) is 4.09. The maximum absolute atomic E-state index is 10.6. The third-order valence-electron chi connectivity index (χ3n) is 2.72. The molecule has 0 aliphatic heterocycles. The van der Waals surface area contributed by atoms with Crippen LogP contribution in [0.4, 0.5) is 5.69 Å². The molecule has 0 radical (unpaired) electrons.